The number of nitrogens with zero attached hydrogens (tertiary/aromatic N) is 1. The van der Waals surface area contributed by atoms with Gasteiger partial charge in [-0.25, -0.2) is 9.78 Å². The molecule has 0 saturated carbocycles. The van der Waals surface area contributed by atoms with Gasteiger partial charge in [0.25, 0.3) is 0 Å². The Morgan fingerprint density at radius 1 is 1.40 bits per heavy atom. The van der Waals surface area contributed by atoms with Gasteiger partial charge in [0.15, 0.2) is 0 Å². The molecule has 1 amide bonds. The molecule has 2 rings (SSSR count). The average Bonchev–Trinajstić information content (AvgIpc) is 2.96. The van der Waals surface area contributed by atoms with Crippen LogP contribution in [-0.2, 0) is 11.3 Å². The quantitative estimate of drug-likeness (QED) is 0.800. The number of rotatable bonds is 6. The minimum absolute atomic E-state index is 0.106. The van der Waals surface area contributed by atoms with Crippen LogP contribution in [0.3, 0.4) is 0 Å². The van der Waals surface area contributed by atoms with E-state index in [1.54, 1.807) is 11.3 Å². The van der Waals surface area contributed by atoms with Gasteiger partial charge in [-0.1, -0.05) is 17.8 Å². The fraction of sp³-hybridized carbons (Fsp3) is 0.154. The van der Waals surface area contributed by atoms with Gasteiger partial charge in [0.2, 0.25) is 5.91 Å². The zero-order valence-electron chi connectivity index (χ0n) is 10.4. The first kappa shape index (κ1) is 14.5. The topological polar surface area (TPSA) is 79.3 Å². The highest BCUT2D eigenvalue weighted by Gasteiger charge is 2.07. The van der Waals surface area contributed by atoms with E-state index >= 15 is 0 Å². The Kier molecular flexibility index (Phi) is 5.14. The molecule has 0 aliphatic rings. The maximum Gasteiger partial charge on any atom is 0.335 e. The number of aromatic nitrogens is 1. The largest absolute Gasteiger partial charge is 0.478 e. The van der Waals surface area contributed by atoms with E-state index in [-0.39, 0.29) is 17.2 Å². The van der Waals surface area contributed by atoms with Crippen LogP contribution in [0.1, 0.15) is 15.2 Å². The molecule has 0 saturated heterocycles. The molecule has 104 valence electrons. The summed E-state index contributed by atoms with van der Waals surface area (Å²) in [4.78, 5) is 27.6. The lowest BCUT2D eigenvalue weighted by atomic mass is 10.3. The van der Waals surface area contributed by atoms with Crippen LogP contribution in [0.2, 0.25) is 0 Å². The monoisotopic (exact) mass is 308 g/mol. The Balaban J connectivity index is 1.81. The molecule has 2 N–H and O–H groups in total. The molecule has 2 aromatic rings. The molecule has 0 unspecified atom stereocenters. The molecule has 0 bridgehead atoms. The highest BCUT2D eigenvalue weighted by molar-refractivity contribution is 7.99. The summed E-state index contributed by atoms with van der Waals surface area (Å²) in [7, 11) is 0. The van der Waals surface area contributed by atoms with Gasteiger partial charge in [-0.15, -0.1) is 11.3 Å². The number of amides is 1. The number of carbonyl (C=O) groups is 2. The zero-order chi connectivity index (χ0) is 14.4. The summed E-state index contributed by atoms with van der Waals surface area (Å²) < 4.78 is 0. The molecule has 0 spiro atoms. The normalized spacial score (nSPS) is 10.2. The van der Waals surface area contributed by atoms with Crippen LogP contribution in [0.4, 0.5) is 0 Å². The maximum atomic E-state index is 11.7. The van der Waals surface area contributed by atoms with Crippen LogP contribution < -0.4 is 5.32 Å². The van der Waals surface area contributed by atoms with Crippen molar-refractivity contribution in [2.75, 3.05) is 5.75 Å². The van der Waals surface area contributed by atoms with E-state index < -0.39 is 5.97 Å². The molecule has 0 radical (unpaired) electrons. The van der Waals surface area contributed by atoms with Gasteiger partial charge in [-0.2, -0.15) is 0 Å². The number of hydrogen-bond donors (Lipinski definition) is 2. The Morgan fingerprint density at radius 2 is 2.25 bits per heavy atom. The fourth-order valence-corrected chi connectivity index (χ4v) is 2.78. The number of nitrogens with one attached hydrogen (secondary N) is 1. The number of carboxylic acid groups (broad SMARTS) is 1. The lowest BCUT2D eigenvalue weighted by Gasteiger charge is -2.04. The zero-order valence-corrected chi connectivity index (χ0v) is 12.0. The third-order valence-electron chi connectivity index (χ3n) is 2.37. The number of thioether (sulfide) groups is 1. The minimum atomic E-state index is -1.00. The number of pyridine rings is 1. The van der Waals surface area contributed by atoms with Crippen molar-refractivity contribution >= 4 is 35.0 Å². The van der Waals surface area contributed by atoms with Gasteiger partial charge in [0.1, 0.15) is 0 Å². The maximum absolute atomic E-state index is 11.7. The van der Waals surface area contributed by atoms with Crippen molar-refractivity contribution in [2.24, 2.45) is 0 Å². The lowest BCUT2D eigenvalue weighted by Crippen LogP contribution is -2.24. The van der Waals surface area contributed by atoms with Crippen molar-refractivity contribution in [3.05, 3.63) is 46.3 Å². The second-order valence-corrected chi connectivity index (χ2v) is 5.86. The number of thiophene rings is 1. The first-order valence-corrected chi connectivity index (χ1v) is 7.63. The van der Waals surface area contributed by atoms with Crippen molar-refractivity contribution in [1.82, 2.24) is 10.3 Å². The van der Waals surface area contributed by atoms with Crippen LogP contribution in [0.25, 0.3) is 0 Å². The van der Waals surface area contributed by atoms with E-state index in [0.29, 0.717) is 11.6 Å². The molecule has 7 heteroatoms. The molecule has 5 nitrogen and oxygen atoms in total. The smallest absolute Gasteiger partial charge is 0.335 e. The summed E-state index contributed by atoms with van der Waals surface area (Å²) in [6.45, 7) is 0.514. The summed E-state index contributed by atoms with van der Waals surface area (Å²) in [6, 6.07) is 6.76. The predicted molar refractivity (Wildman–Crippen MR) is 78.1 cm³/mol. The van der Waals surface area contributed by atoms with E-state index in [2.05, 4.69) is 10.3 Å². The van der Waals surface area contributed by atoms with Gasteiger partial charge in [-0.05, 0) is 23.6 Å². The summed E-state index contributed by atoms with van der Waals surface area (Å²) in [6.07, 6.45) is 1.43. The van der Waals surface area contributed by atoms with E-state index in [1.165, 1.54) is 30.1 Å². The summed E-state index contributed by atoms with van der Waals surface area (Å²) in [5.74, 6) is -0.899. The number of hydrogen-bond acceptors (Lipinski definition) is 5. The van der Waals surface area contributed by atoms with Crippen molar-refractivity contribution in [3.8, 4) is 0 Å². The molecular weight excluding hydrogens is 296 g/mol. The standard InChI is InChI=1S/C13H12N2O3S2/c16-11(15-7-10-2-1-5-19-10)8-20-12-6-9(13(17)18)3-4-14-12/h1-6H,7-8H2,(H,15,16)(H,17,18). The van der Waals surface area contributed by atoms with Gasteiger partial charge < -0.3 is 10.4 Å². The van der Waals surface area contributed by atoms with Crippen LogP contribution in [0.15, 0.2) is 40.9 Å². The Morgan fingerprint density at radius 3 is 2.95 bits per heavy atom. The SMILES string of the molecule is O=C(CSc1cc(C(=O)O)ccn1)NCc1cccs1. The summed E-state index contributed by atoms with van der Waals surface area (Å²) in [5, 5.41) is 14.1. The highest BCUT2D eigenvalue weighted by Crippen LogP contribution is 2.16. The van der Waals surface area contributed by atoms with Crippen LogP contribution in [-0.4, -0.2) is 27.7 Å². The molecule has 0 aromatic carbocycles. The molecule has 0 aliphatic carbocycles. The van der Waals surface area contributed by atoms with Gasteiger partial charge in [0, 0.05) is 11.1 Å². The third kappa shape index (κ3) is 4.36. The number of carbonyl (C=O) groups excluding carboxylic acids is 1. The Bertz CT molecular complexity index is 599. The Labute approximate surface area is 124 Å². The predicted octanol–water partition coefficient (Wildman–Crippen LogP) is 2.25. The molecular formula is C13H12N2O3S2. The first-order valence-electron chi connectivity index (χ1n) is 5.76. The van der Waals surface area contributed by atoms with Crippen molar-refractivity contribution < 1.29 is 14.7 Å². The number of aromatic carboxylic acids is 1. The van der Waals surface area contributed by atoms with Crippen LogP contribution in [0.5, 0.6) is 0 Å². The lowest BCUT2D eigenvalue weighted by molar-refractivity contribution is -0.118. The second kappa shape index (κ2) is 7.06. The van der Waals surface area contributed by atoms with E-state index in [0.717, 1.165) is 4.88 Å². The molecule has 2 heterocycles. The van der Waals surface area contributed by atoms with Crippen molar-refractivity contribution in [3.63, 3.8) is 0 Å². The van der Waals surface area contributed by atoms with Crippen LogP contribution in [0, 0.1) is 0 Å². The summed E-state index contributed by atoms with van der Waals surface area (Å²) in [5.41, 5.74) is 0.168. The minimum Gasteiger partial charge on any atom is -0.478 e. The fourth-order valence-electron chi connectivity index (χ4n) is 1.41. The Hall–Kier alpha value is -1.86. The average molecular weight is 308 g/mol. The second-order valence-electron chi connectivity index (χ2n) is 3.83. The van der Waals surface area contributed by atoms with E-state index in [1.807, 2.05) is 17.5 Å². The van der Waals surface area contributed by atoms with Crippen molar-refractivity contribution in [1.29, 1.82) is 0 Å². The molecule has 0 aliphatic heterocycles. The third-order valence-corrected chi connectivity index (χ3v) is 4.17. The number of carboxylic acids is 1. The van der Waals surface area contributed by atoms with E-state index in [9.17, 15) is 9.59 Å². The first-order chi connectivity index (χ1) is 9.65. The molecule has 20 heavy (non-hydrogen) atoms. The van der Waals surface area contributed by atoms with Gasteiger partial charge in [-0.3, -0.25) is 4.79 Å². The van der Waals surface area contributed by atoms with E-state index in [4.69, 9.17) is 5.11 Å². The highest BCUT2D eigenvalue weighted by atomic mass is 32.2. The molecule has 0 atom stereocenters. The van der Waals surface area contributed by atoms with Crippen LogP contribution >= 0.6 is 23.1 Å². The van der Waals surface area contributed by atoms with Gasteiger partial charge in [0.05, 0.1) is 22.9 Å². The van der Waals surface area contributed by atoms with Gasteiger partial charge >= 0.3 is 5.97 Å². The summed E-state index contributed by atoms with van der Waals surface area (Å²) >= 11 is 2.80. The molecule has 2 aromatic heterocycles. The molecule has 0 fully saturated rings. The van der Waals surface area contributed by atoms with Crippen molar-refractivity contribution in [2.45, 2.75) is 11.6 Å².